The molecule has 0 heterocycles. The number of nitrogens with zero attached hydrogens (tertiary/aromatic N) is 1. The molecule has 0 saturated heterocycles. The van der Waals surface area contributed by atoms with Crippen LogP contribution in [-0.4, -0.2) is 18.4 Å². The molecule has 2 aromatic carbocycles. The van der Waals surface area contributed by atoms with E-state index >= 15 is 0 Å². The van der Waals surface area contributed by atoms with Crippen LogP contribution in [0.4, 0.5) is 11.4 Å². The summed E-state index contributed by atoms with van der Waals surface area (Å²) in [7, 11) is 0. The number of nitrogens with one attached hydrogen (secondary N) is 1. The van der Waals surface area contributed by atoms with Crippen LogP contribution in [0.5, 0.6) is 0 Å². The van der Waals surface area contributed by atoms with Crippen LogP contribution in [0.15, 0.2) is 40.9 Å². The van der Waals surface area contributed by atoms with Gasteiger partial charge in [-0.15, -0.1) is 0 Å². The number of carbonyl (C=O) groups is 2. The number of hydrogen-bond acceptors (Lipinski definition) is 2. The van der Waals surface area contributed by atoms with E-state index in [1.54, 1.807) is 0 Å². The number of aryl methyl sites for hydroxylation is 3. The molecule has 126 valence electrons. The molecule has 0 fully saturated rings. The lowest BCUT2D eigenvalue weighted by Crippen LogP contribution is -2.37. The molecule has 4 nitrogen and oxygen atoms in total. The summed E-state index contributed by atoms with van der Waals surface area (Å²) in [6.45, 7) is 7.38. The molecular weight excluding hydrogens is 368 g/mol. The van der Waals surface area contributed by atoms with Gasteiger partial charge in [0.25, 0.3) is 0 Å². The van der Waals surface area contributed by atoms with Crippen LogP contribution in [-0.2, 0) is 9.59 Å². The molecule has 5 heteroatoms. The normalized spacial score (nSPS) is 10.4. The monoisotopic (exact) mass is 388 g/mol. The van der Waals surface area contributed by atoms with Gasteiger partial charge in [0.1, 0.15) is 6.54 Å². The van der Waals surface area contributed by atoms with Gasteiger partial charge < -0.3 is 10.2 Å². The van der Waals surface area contributed by atoms with Crippen molar-refractivity contribution in [1.29, 1.82) is 0 Å². The highest BCUT2D eigenvalue weighted by Crippen LogP contribution is 2.26. The second kappa shape index (κ2) is 7.62. The van der Waals surface area contributed by atoms with E-state index in [9.17, 15) is 9.59 Å². The van der Waals surface area contributed by atoms with Crippen LogP contribution >= 0.6 is 15.9 Å². The predicted molar refractivity (Wildman–Crippen MR) is 101 cm³/mol. The molecule has 0 atom stereocenters. The summed E-state index contributed by atoms with van der Waals surface area (Å²) < 4.78 is 0.883. The molecule has 1 N–H and O–H groups in total. The van der Waals surface area contributed by atoms with Gasteiger partial charge in [0.15, 0.2) is 0 Å². The summed E-state index contributed by atoms with van der Waals surface area (Å²) in [6.07, 6.45) is 0. The van der Waals surface area contributed by atoms with E-state index in [4.69, 9.17) is 0 Å². The first kappa shape index (κ1) is 18.2. The maximum absolute atomic E-state index is 12.4. The summed E-state index contributed by atoms with van der Waals surface area (Å²) in [5.41, 5.74) is 4.60. The van der Waals surface area contributed by atoms with Crippen molar-refractivity contribution >= 4 is 39.1 Å². The Bertz CT molecular complexity index is 764. The first-order valence-electron chi connectivity index (χ1n) is 7.69. The highest BCUT2D eigenvalue weighted by molar-refractivity contribution is 9.10. The Hall–Kier alpha value is -2.14. The fourth-order valence-electron chi connectivity index (χ4n) is 2.86. The number of benzene rings is 2. The first-order chi connectivity index (χ1) is 11.3. The number of carbonyl (C=O) groups excluding carboxylic acids is 2. The van der Waals surface area contributed by atoms with E-state index in [0.717, 1.165) is 26.9 Å². The van der Waals surface area contributed by atoms with Crippen molar-refractivity contribution in [2.24, 2.45) is 0 Å². The van der Waals surface area contributed by atoms with Crippen molar-refractivity contribution in [1.82, 2.24) is 0 Å². The summed E-state index contributed by atoms with van der Waals surface area (Å²) >= 11 is 3.37. The van der Waals surface area contributed by atoms with E-state index in [1.807, 2.05) is 57.2 Å². The molecule has 2 rings (SSSR count). The van der Waals surface area contributed by atoms with Crippen LogP contribution in [0.3, 0.4) is 0 Å². The Balaban J connectivity index is 2.23. The van der Waals surface area contributed by atoms with Gasteiger partial charge in [-0.05, 0) is 50.1 Å². The van der Waals surface area contributed by atoms with Crippen molar-refractivity contribution in [3.05, 3.63) is 57.6 Å². The predicted octanol–water partition coefficient (Wildman–Crippen LogP) is 4.37. The largest absolute Gasteiger partial charge is 0.324 e. The van der Waals surface area contributed by atoms with E-state index in [2.05, 4.69) is 21.2 Å². The van der Waals surface area contributed by atoms with Gasteiger partial charge in [-0.1, -0.05) is 39.7 Å². The van der Waals surface area contributed by atoms with E-state index < -0.39 is 0 Å². The zero-order chi connectivity index (χ0) is 17.9. The molecule has 0 radical (unpaired) electrons. The standard InChI is InChI=1S/C19H21BrN2O2/c1-12-8-13(2)19(14(3)9-12)22(15(4)23)11-18(24)21-17-7-5-6-16(20)10-17/h5-10H,11H2,1-4H3,(H,21,24). The summed E-state index contributed by atoms with van der Waals surface area (Å²) in [6, 6.07) is 11.4. The molecule has 0 spiro atoms. The van der Waals surface area contributed by atoms with Crippen molar-refractivity contribution in [3.63, 3.8) is 0 Å². The first-order valence-corrected chi connectivity index (χ1v) is 8.48. The lowest BCUT2D eigenvalue weighted by Gasteiger charge is -2.25. The molecule has 0 saturated carbocycles. The molecule has 0 unspecified atom stereocenters. The quantitative estimate of drug-likeness (QED) is 0.845. The third-order valence-electron chi connectivity index (χ3n) is 3.70. The van der Waals surface area contributed by atoms with Crippen LogP contribution < -0.4 is 10.2 Å². The third-order valence-corrected chi connectivity index (χ3v) is 4.19. The zero-order valence-electron chi connectivity index (χ0n) is 14.3. The Morgan fingerprint density at radius 3 is 2.25 bits per heavy atom. The van der Waals surface area contributed by atoms with Crippen LogP contribution in [0.1, 0.15) is 23.6 Å². The number of amides is 2. The Labute approximate surface area is 151 Å². The molecule has 0 aliphatic carbocycles. The van der Waals surface area contributed by atoms with Gasteiger partial charge in [-0.3, -0.25) is 9.59 Å². The van der Waals surface area contributed by atoms with Gasteiger partial charge in [-0.25, -0.2) is 0 Å². The minimum atomic E-state index is -0.234. The summed E-state index contributed by atoms with van der Waals surface area (Å²) in [4.78, 5) is 26.0. The minimum absolute atomic E-state index is 0.0212. The molecule has 0 aliphatic heterocycles. The Kier molecular flexibility index (Phi) is 5.78. The molecule has 24 heavy (non-hydrogen) atoms. The van der Waals surface area contributed by atoms with Gasteiger partial charge in [0.05, 0.1) is 5.69 Å². The molecule has 2 amide bonds. The maximum Gasteiger partial charge on any atom is 0.244 e. The van der Waals surface area contributed by atoms with Crippen molar-refractivity contribution in [3.8, 4) is 0 Å². The van der Waals surface area contributed by atoms with Crippen LogP contribution in [0.2, 0.25) is 0 Å². The fourth-order valence-corrected chi connectivity index (χ4v) is 3.26. The van der Waals surface area contributed by atoms with Gasteiger partial charge in [-0.2, -0.15) is 0 Å². The molecule has 0 aromatic heterocycles. The second-order valence-electron chi connectivity index (χ2n) is 5.91. The molecular formula is C19H21BrN2O2. The molecule has 0 aliphatic rings. The van der Waals surface area contributed by atoms with Crippen molar-refractivity contribution in [2.45, 2.75) is 27.7 Å². The average molecular weight is 389 g/mol. The number of halogens is 1. The third kappa shape index (κ3) is 4.45. The fraction of sp³-hybridized carbons (Fsp3) is 0.263. The lowest BCUT2D eigenvalue weighted by atomic mass is 10.0. The highest BCUT2D eigenvalue weighted by atomic mass is 79.9. The number of rotatable bonds is 4. The second-order valence-corrected chi connectivity index (χ2v) is 6.83. The van der Waals surface area contributed by atoms with E-state index in [-0.39, 0.29) is 18.4 Å². The Morgan fingerprint density at radius 1 is 1.08 bits per heavy atom. The number of hydrogen-bond donors (Lipinski definition) is 1. The average Bonchev–Trinajstić information content (AvgIpc) is 2.44. The van der Waals surface area contributed by atoms with E-state index in [1.165, 1.54) is 11.8 Å². The van der Waals surface area contributed by atoms with Gasteiger partial charge in [0.2, 0.25) is 11.8 Å². The van der Waals surface area contributed by atoms with Gasteiger partial charge >= 0.3 is 0 Å². The van der Waals surface area contributed by atoms with E-state index in [0.29, 0.717) is 5.69 Å². The Morgan fingerprint density at radius 2 is 1.71 bits per heavy atom. The summed E-state index contributed by atoms with van der Waals surface area (Å²) in [5.74, 6) is -0.392. The van der Waals surface area contributed by atoms with Gasteiger partial charge in [0, 0.05) is 17.1 Å². The number of anilines is 2. The zero-order valence-corrected chi connectivity index (χ0v) is 15.9. The maximum atomic E-state index is 12.4. The minimum Gasteiger partial charge on any atom is -0.324 e. The van der Waals surface area contributed by atoms with Crippen LogP contribution in [0.25, 0.3) is 0 Å². The SMILES string of the molecule is CC(=O)N(CC(=O)Nc1cccc(Br)c1)c1c(C)cc(C)cc1C. The highest BCUT2D eigenvalue weighted by Gasteiger charge is 2.19. The van der Waals surface area contributed by atoms with Crippen molar-refractivity contribution < 1.29 is 9.59 Å². The lowest BCUT2D eigenvalue weighted by molar-refractivity contribution is -0.120. The van der Waals surface area contributed by atoms with Crippen LogP contribution in [0, 0.1) is 20.8 Å². The smallest absolute Gasteiger partial charge is 0.244 e. The summed E-state index contributed by atoms with van der Waals surface area (Å²) in [5, 5.41) is 2.83. The van der Waals surface area contributed by atoms with Crippen molar-refractivity contribution in [2.75, 3.05) is 16.8 Å². The topological polar surface area (TPSA) is 49.4 Å². The molecule has 0 bridgehead atoms. The molecule has 2 aromatic rings.